The Morgan fingerprint density at radius 3 is 2.38 bits per heavy atom. The molecule has 1 aromatic rings. The topological polar surface area (TPSA) is 21.3 Å². The highest BCUT2D eigenvalue weighted by Gasteiger charge is 2.10. The number of aryl methyl sites for hydroxylation is 1. The van der Waals surface area contributed by atoms with Gasteiger partial charge in [-0.25, -0.2) is 0 Å². The zero-order valence-electron chi connectivity index (χ0n) is 10.8. The number of ether oxygens (including phenoxy) is 1. The van der Waals surface area contributed by atoms with Gasteiger partial charge in [0.1, 0.15) is 0 Å². The first-order valence-electron chi connectivity index (χ1n) is 6.02. The number of hydrogen-bond acceptors (Lipinski definition) is 2. The zero-order valence-corrected chi connectivity index (χ0v) is 10.8. The second-order valence-corrected chi connectivity index (χ2v) is 4.30. The second-order valence-electron chi connectivity index (χ2n) is 4.30. The van der Waals surface area contributed by atoms with E-state index in [2.05, 4.69) is 50.4 Å². The first-order chi connectivity index (χ1) is 7.67. The summed E-state index contributed by atoms with van der Waals surface area (Å²) in [5.74, 6) is 0. The van der Waals surface area contributed by atoms with E-state index in [0.717, 1.165) is 13.0 Å². The van der Waals surface area contributed by atoms with E-state index in [-0.39, 0.29) is 6.04 Å². The summed E-state index contributed by atoms with van der Waals surface area (Å²) < 4.78 is 5.77. The molecule has 0 aromatic heterocycles. The summed E-state index contributed by atoms with van der Waals surface area (Å²) in [6.07, 6.45) is 1.39. The first kappa shape index (κ1) is 13.2. The molecule has 1 aromatic carbocycles. The lowest BCUT2D eigenvalue weighted by molar-refractivity contribution is 0.0487. The third kappa shape index (κ3) is 3.95. The molecule has 0 aliphatic heterocycles. The Morgan fingerprint density at radius 1 is 1.25 bits per heavy atom. The van der Waals surface area contributed by atoms with Crippen molar-refractivity contribution in [2.24, 2.45) is 0 Å². The molecule has 2 nitrogen and oxygen atoms in total. The van der Waals surface area contributed by atoms with Crippen molar-refractivity contribution in [1.82, 2.24) is 5.32 Å². The molecule has 0 spiro atoms. The molecule has 0 bridgehead atoms. The van der Waals surface area contributed by atoms with E-state index in [1.165, 1.54) is 11.1 Å². The summed E-state index contributed by atoms with van der Waals surface area (Å²) in [7, 11) is 1.98. The minimum absolute atomic E-state index is 0.287. The van der Waals surface area contributed by atoms with Gasteiger partial charge in [-0.05, 0) is 32.9 Å². The summed E-state index contributed by atoms with van der Waals surface area (Å²) in [5.41, 5.74) is 2.58. The van der Waals surface area contributed by atoms with Crippen LogP contribution in [0, 0.1) is 6.92 Å². The van der Waals surface area contributed by atoms with Crippen LogP contribution in [0.2, 0.25) is 0 Å². The molecule has 0 aliphatic rings. The molecule has 0 amide bonds. The van der Waals surface area contributed by atoms with Gasteiger partial charge in [-0.1, -0.05) is 36.8 Å². The Kier molecular flexibility index (Phi) is 5.50. The largest absolute Gasteiger partial charge is 0.377 e. The standard InChI is InChI=1S/C14H23NO/c1-5-12(3)16-10-14(15-4)13-8-6-11(2)7-9-13/h6-9,12,14-15H,5,10H2,1-4H3. The zero-order chi connectivity index (χ0) is 12.0. The molecule has 90 valence electrons. The number of rotatable bonds is 6. The van der Waals surface area contributed by atoms with E-state index < -0.39 is 0 Å². The summed E-state index contributed by atoms with van der Waals surface area (Å²) in [5, 5.41) is 3.29. The fourth-order valence-electron chi connectivity index (χ4n) is 1.52. The Hall–Kier alpha value is -0.860. The van der Waals surface area contributed by atoms with Gasteiger partial charge < -0.3 is 10.1 Å². The summed E-state index contributed by atoms with van der Waals surface area (Å²) >= 11 is 0. The van der Waals surface area contributed by atoms with Gasteiger partial charge in [0.15, 0.2) is 0 Å². The van der Waals surface area contributed by atoms with Crippen LogP contribution in [0.25, 0.3) is 0 Å². The van der Waals surface area contributed by atoms with Crippen LogP contribution in [0.1, 0.15) is 37.4 Å². The molecule has 0 heterocycles. The van der Waals surface area contributed by atoms with Crippen LogP contribution in [0.5, 0.6) is 0 Å². The maximum absolute atomic E-state index is 5.77. The molecule has 0 fully saturated rings. The maximum Gasteiger partial charge on any atom is 0.0664 e. The van der Waals surface area contributed by atoms with Crippen molar-refractivity contribution in [3.05, 3.63) is 35.4 Å². The van der Waals surface area contributed by atoms with Crippen LogP contribution in [-0.4, -0.2) is 19.8 Å². The lowest BCUT2D eigenvalue weighted by Gasteiger charge is -2.19. The predicted octanol–water partition coefficient (Wildman–Crippen LogP) is 3.07. The summed E-state index contributed by atoms with van der Waals surface area (Å²) in [6, 6.07) is 8.90. The first-order valence-corrected chi connectivity index (χ1v) is 6.02. The van der Waals surface area contributed by atoms with E-state index >= 15 is 0 Å². The van der Waals surface area contributed by atoms with Crippen molar-refractivity contribution >= 4 is 0 Å². The summed E-state index contributed by atoms with van der Waals surface area (Å²) in [6.45, 7) is 7.09. The van der Waals surface area contributed by atoms with E-state index in [1.54, 1.807) is 0 Å². The molecule has 1 rings (SSSR count). The molecule has 2 heteroatoms. The molecule has 0 aliphatic carbocycles. The Labute approximate surface area is 99.0 Å². The Morgan fingerprint density at radius 2 is 1.88 bits per heavy atom. The van der Waals surface area contributed by atoms with E-state index in [0.29, 0.717) is 6.10 Å². The van der Waals surface area contributed by atoms with Crippen LogP contribution in [-0.2, 0) is 4.74 Å². The quantitative estimate of drug-likeness (QED) is 0.797. The van der Waals surface area contributed by atoms with Gasteiger partial charge in [-0.15, -0.1) is 0 Å². The molecule has 16 heavy (non-hydrogen) atoms. The average Bonchev–Trinajstić information content (AvgIpc) is 2.31. The fourth-order valence-corrected chi connectivity index (χ4v) is 1.52. The van der Waals surface area contributed by atoms with E-state index in [9.17, 15) is 0 Å². The van der Waals surface area contributed by atoms with Crippen LogP contribution in [0.15, 0.2) is 24.3 Å². The highest BCUT2D eigenvalue weighted by Crippen LogP contribution is 2.14. The molecule has 1 N–H and O–H groups in total. The van der Waals surface area contributed by atoms with Crippen LogP contribution >= 0.6 is 0 Å². The van der Waals surface area contributed by atoms with Gasteiger partial charge in [0.2, 0.25) is 0 Å². The Balaban J connectivity index is 2.57. The van der Waals surface area contributed by atoms with Crippen LogP contribution in [0.3, 0.4) is 0 Å². The van der Waals surface area contributed by atoms with Crippen molar-refractivity contribution in [3.63, 3.8) is 0 Å². The highest BCUT2D eigenvalue weighted by molar-refractivity contribution is 5.24. The SMILES string of the molecule is CCC(C)OCC(NC)c1ccc(C)cc1. The van der Waals surface area contributed by atoms with Gasteiger partial charge in [-0.3, -0.25) is 0 Å². The molecule has 2 unspecified atom stereocenters. The normalized spacial score (nSPS) is 14.8. The summed E-state index contributed by atoms with van der Waals surface area (Å²) in [4.78, 5) is 0. The van der Waals surface area contributed by atoms with Crippen LogP contribution < -0.4 is 5.32 Å². The smallest absolute Gasteiger partial charge is 0.0664 e. The minimum atomic E-state index is 0.287. The third-order valence-corrected chi connectivity index (χ3v) is 2.95. The monoisotopic (exact) mass is 221 g/mol. The molecule has 2 atom stereocenters. The maximum atomic E-state index is 5.77. The lowest BCUT2D eigenvalue weighted by Crippen LogP contribution is -2.24. The predicted molar refractivity (Wildman–Crippen MR) is 68.7 cm³/mol. The van der Waals surface area contributed by atoms with Gasteiger partial charge in [0, 0.05) is 0 Å². The Bertz CT molecular complexity index is 294. The molecule has 0 saturated carbocycles. The average molecular weight is 221 g/mol. The van der Waals surface area contributed by atoms with Gasteiger partial charge in [0.25, 0.3) is 0 Å². The third-order valence-electron chi connectivity index (χ3n) is 2.95. The van der Waals surface area contributed by atoms with Crippen molar-refractivity contribution in [1.29, 1.82) is 0 Å². The van der Waals surface area contributed by atoms with Gasteiger partial charge in [0.05, 0.1) is 18.8 Å². The van der Waals surface area contributed by atoms with Crippen molar-refractivity contribution in [2.45, 2.75) is 39.3 Å². The van der Waals surface area contributed by atoms with Crippen molar-refractivity contribution in [3.8, 4) is 0 Å². The fraction of sp³-hybridized carbons (Fsp3) is 0.571. The van der Waals surface area contributed by atoms with E-state index in [1.807, 2.05) is 7.05 Å². The van der Waals surface area contributed by atoms with E-state index in [4.69, 9.17) is 4.74 Å². The number of hydrogen-bond donors (Lipinski definition) is 1. The highest BCUT2D eigenvalue weighted by atomic mass is 16.5. The number of likely N-dealkylation sites (N-methyl/N-ethyl adjacent to an activating group) is 1. The minimum Gasteiger partial charge on any atom is -0.377 e. The van der Waals surface area contributed by atoms with Gasteiger partial charge >= 0.3 is 0 Å². The number of benzene rings is 1. The molecular weight excluding hydrogens is 198 g/mol. The van der Waals surface area contributed by atoms with Crippen molar-refractivity contribution < 1.29 is 4.74 Å². The lowest BCUT2D eigenvalue weighted by atomic mass is 10.1. The molecule has 0 radical (unpaired) electrons. The van der Waals surface area contributed by atoms with Crippen LogP contribution in [0.4, 0.5) is 0 Å². The molecular formula is C14H23NO. The number of nitrogens with one attached hydrogen (secondary N) is 1. The molecule has 0 saturated heterocycles. The second kappa shape index (κ2) is 6.66. The van der Waals surface area contributed by atoms with Gasteiger partial charge in [-0.2, -0.15) is 0 Å². The van der Waals surface area contributed by atoms with Crippen molar-refractivity contribution in [2.75, 3.05) is 13.7 Å².